The van der Waals surface area contributed by atoms with Gasteiger partial charge in [-0.1, -0.05) is 41.6 Å². The van der Waals surface area contributed by atoms with Crippen LogP contribution in [0.2, 0.25) is 5.02 Å². The topological polar surface area (TPSA) is 57.4 Å². The van der Waals surface area contributed by atoms with E-state index in [0.29, 0.717) is 22.6 Å². The summed E-state index contributed by atoms with van der Waals surface area (Å²) in [4.78, 5) is 0. The summed E-state index contributed by atoms with van der Waals surface area (Å²) in [5.74, 6) is 2.52. The zero-order chi connectivity index (χ0) is 17.6. The number of halogens is 1. The molecule has 0 amide bonds. The van der Waals surface area contributed by atoms with Crippen molar-refractivity contribution in [3.05, 3.63) is 53.1 Å². The van der Waals surface area contributed by atoms with Gasteiger partial charge < -0.3 is 13.9 Å². The normalized spacial score (nSPS) is 10.7. The van der Waals surface area contributed by atoms with Crippen LogP contribution in [0.4, 0.5) is 0 Å². The lowest BCUT2D eigenvalue weighted by atomic mass is 10.2. The molecule has 0 aliphatic carbocycles. The lowest BCUT2D eigenvalue weighted by molar-refractivity contribution is 0.355. The Balaban J connectivity index is 1.65. The van der Waals surface area contributed by atoms with Gasteiger partial charge in [-0.05, 0) is 36.2 Å². The number of ether oxygens (including phenoxy) is 2. The number of thioether (sulfide) groups is 1. The molecule has 0 saturated heterocycles. The summed E-state index contributed by atoms with van der Waals surface area (Å²) in [5.41, 5.74) is 1.89. The monoisotopic (exact) mass is 376 g/mol. The van der Waals surface area contributed by atoms with Gasteiger partial charge in [-0.2, -0.15) is 0 Å². The molecule has 0 radical (unpaired) electrons. The first-order chi connectivity index (χ1) is 12.2. The maximum absolute atomic E-state index is 6.16. The molecule has 1 heterocycles. The van der Waals surface area contributed by atoms with Crippen molar-refractivity contribution in [3.63, 3.8) is 0 Å². The minimum absolute atomic E-state index is 0.446. The predicted octanol–water partition coefficient (Wildman–Crippen LogP) is 4.74. The van der Waals surface area contributed by atoms with Crippen molar-refractivity contribution in [1.29, 1.82) is 0 Å². The van der Waals surface area contributed by atoms with Gasteiger partial charge in [-0.25, -0.2) is 0 Å². The van der Waals surface area contributed by atoms with E-state index in [9.17, 15) is 0 Å². The first-order valence-electron chi connectivity index (χ1n) is 7.63. The van der Waals surface area contributed by atoms with Gasteiger partial charge in [0.05, 0.1) is 14.2 Å². The number of aryl methyl sites for hydroxylation is 1. The van der Waals surface area contributed by atoms with Gasteiger partial charge in [0, 0.05) is 16.3 Å². The highest BCUT2D eigenvalue weighted by molar-refractivity contribution is 7.99. The van der Waals surface area contributed by atoms with Crippen LogP contribution in [-0.4, -0.2) is 30.2 Å². The van der Waals surface area contributed by atoms with Crippen molar-refractivity contribution in [1.82, 2.24) is 10.2 Å². The van der Waals surface area contributed by atoms with Crippen LogP contribution in [0.25, 0.3) is 11.5 Å². The van der Waals surface area contributed by atoms with Crippen molar-refractivity contribution < 1.29 is 13.9 Å². The van der Waals surface area contributed by atoms with Gasteiger partial charge in [0.25, 0.3) is 5.22 Å². The Morgan fingerprint density at radius 3 is 2.60 bits per heavy atom. The molecule has 3 rings (SSSR count). The summed E-state index contributed by atoms with van der Waals surface area (Å²) in [6.45, 7) is 0. The van der Waals surface area contributed by atoms with Crippen LogP contribution in [0.15, 0.2) is 52.1 Å². The summed E-state index contributed by atoms with van der Waals surface area (Å²) in [6.07, 6.45) is 0.832. The molecule has 3 aromatic rings. The average Bonchev–Trinajstić information content (AvgIpc) is 3.11. The van der Waals surface area contributed by atoms with Crippen LogP contribution in [0.5, 0.6) is 11.5 Å². The van der Waals surface area contributed by atoms with E-state index in [1.54, 1.807) is 14.2 Å². The summed E-state index contributed by atoms with van der Waals surface area (Å²) < 4.78 is 16.3. The van der Waals surface area contributed by atoms with E-state index in [1.807, 2.05) is 42.5 Å². The zero-order valence-corrected chi connectivity index (χ0v) is 15.4. The van der Waals surface area contributed by atoms with Crippen molar-refractivity contribution >= 4 is 23.4 Å². The molecule has 0 unspecified atom stereocenters. The summed E-state index contributed by atoms with van der Waals surface area (Å²) >= 11 is 7.66. The third-order valence-corrected chi connectivity index (χ3v) is 4.78. The maximum atomic E-state index is 6.16. The SMILES string of the molecule is COc1ccc(-c2nnc(SCCc3ccccc3Cl)o2)cc1OC. The van der Waals surface area contributed by atoms with Crippen LogP contribution in [-0.2, 0) is 6.42 Å². The molecule has 2 aromatic carbocycles. The number of rotatable bonds is 7. The van der Waals surface area contributed by atoms with E-state index in [4.69, 9.17) is 25.5 Å². The molecular formula is C18H17ClN2O3S. The lowest BCUT2D eigenvalue weighted by Gasteiger charge is -2.07. The van der Waals surface area contributed by atoms with E-state index in [1.165, 1.54) is 11.8 Å². The fourth-order valence-corrected chi connectivity index (χ4v) is 3.27. The van der Waals surface area contributed by atoms with Crippen molar-refractivity contribution in [2.45, 2.75) is 11.6 Å². The van der Waals surface area contributed by atoms with Crippen molar-refractivity contribution in [2.24, 2.45) is 0 Å². The number of benzene rings is 2. The molecule has 0 aliphatic heterocycles. The summed E-state index contributed by atoms with van der Waals surface area (Å²) in [7, 11) is 3.18. The number of methoxy groups -OCH3 is 2. The minimum atomic E-state index is 0.446. The van der Waals surface area contributed by atoms with E-state index in [2.05, 4.69) is 10.2 Å². The van der Waals surface area contributed by atoms with E-state index in [0.717, 1.165) is 28.3 Å². The van der Waals surface area contributed by atoms with Gasteiger partial charge in [0.15, 0.2) is 11.5 Å². The molecule has 0 N–H and O–H groups in total. The largest absolute Gasteiger partial charge is 0.493 e. The first kappa shape index (κ1) is 17.6. The van der Waals surface area contributed by atoms with Crippen LogP contribution in [0.1, 0.15) is 5.56 Å². The third kappa shape index (κ3) is 4.27. The van der Waals surface area contributed by atoms with E-state index in [-0.39, 0.29) is 0 Å². The fourth-order valence-electron chi connectivity index (χ4n) is 2.30. The number of aromatic nitrogens is 2. The second-order valence-corrected chi connectivity index (χ2v) is 6.59. The van der Waals surface area contributed by atoms with E-state index < -0.39 is 0 Å². The molecule has 0 atom stereocenters. The molecule has 0 aliphatic rings. The molecule has 0 fully saturated rings. The minimum Gasteiger partial charge on any atom is -0.493 e. The lowest BCUT2D eigenvalue weighted by Crippen LogP contribution is -1.90. The van der Waals surface area contributed by atoms with Crippen LogP contribution >= 0.6 is 23.4 Å². The van der Waals surface area contributed by atoms with Gasteiger partial charge >= 0.3 is 0 Å². The summed E-state index contributed by atoms with van der Waals surface area (Å²) in [5, 5.41) is 9.49. The maximum Gasteiger partial charge on any atom is 0.276 e. The molecule has 0 spiro atoms. The molecule has 0 bridgehead atoms. The Hall–Kier alpha value is -2.18. The molecule has 1 aromatic heterocycles. The van der Waals surface area contributed by atoms with Crippen LogP contribution in [0, 0.1) is 0 Å². The Labute approximate surface area is 155 Å². The molecule has 5 nitrogen and oxygen atoms in total. The Morgan fingerprint density at radius 2 is 1.84 bits per heavy atom. The Bertz CT molecular complexity index is 854. The average molecular weight is 377 g/mol. The Kier molecular flexibility index (Phi) is 5.83. The highest BCUT2D eigenvalue weighted by Crippen LogP contribution is 2.32. The number of hydrogen-bond donors (Lipinski definition) is 0. The second kappa shape index (κ2) is 8.27. The number of hydrogen-bond acceptors (Lipinski definition) is 6. The molecule has 7 heteroatoms. The van der Waals surface area contributed by atoms with Crippen molar-refractivity contribution in [2.75, 3.05) is 20.0 Å². The quantitative estimate of drug-likeness (QED) is 0.555. The second-order valence-electron chi connectivity index (χ2n) is 5.13. The molecule has 0 saturated carbocycles. The van der Waals surface area contributed by atoms with Crippen LogP contribution < -0.4 is 9.47 Å². The zero-order valence-electron chi connectivity index (χ0n) is 13.9. The first-order valence-corrected chi connectivity index (χ1v) is 8.99. The smallest absolute Gasteiger partial charge is 0.276 e. The van der Waals surface area contributed by atoms with Crippen molar-refractivity contribution in [3.8, 4) is 23.0 Å². The molecular weight excluding hydrogens is 360 g/mol. The summed E-state index contributed by atoms with van der Waals surface area (Å²) in [6, 6.07) is 13.3. The number of nitrogens with zero attached hydrogens (tertiary/aromatic N) is 2. The van der Waals surface area contributed by atoms with E-state index >= 15 is 0 Å². The highest BCUT2D eigenvalue weighted by atomic mass is 35.5. The van der Waals surface area contributed by atoms with Gasteiger partial charge in [0.1, 0.15) is 0 Å². The van der Waals surface area contributed by atoms with Gasteiger partial charge in [0.2, 0.25) is 5.89 Å². The standard InChI is InChI=1S/C18H17ClN2O3S/c1-22-15-8-7-13(11-16(15)23-2)17-20-21-18(24-17)25-10-9-12-5-3-4-6-14(12)19/h3-8,11H,9-10H2,1-2H3. The fraction of sp³-hybridized carbons (Fsp3) is 0.222. The Morgan fingerprint density at radius 1 is 1.04 bits per heavy atom. The highest BCUT2D eigenvalue weighted by Gasteiger charge is 2.12. The third-order valence-electron chi connectivity index (χ3n) is 3.59. The van der Waals surface area contributed by atoms with Crippen LogP contribution in [0.3, 0.4) is 0 Å². The van der Waals surface area contributed by atoms with Gasteiger partial charge in [-0.3, -0.25) is 0 Å². The molecule has 25 heavy (non-hydrogen) atoms. The molecule has 130 valence electrons. The predicted molar refractivity (Wildman–Crippen MR) is 98.7 cm³/mol. The van der Waals surface area contributed by atoms with Gasteiger partial charge in [-0.15, -0.1) is 10.2 Å².